The number of carbonyl (C=O) groups is 1. The van der Waals surface area contributed by atoms with Gasteiger partial charge in [-0.15, -0.1) is 0 Å². The van der Waals surface area contributed by atoms with Crippen LogP contribution >= 0.6 is 0 Å². The summed E-state index contributed by atoms with van der Waals surface area (Å²) < 4.78 is 5.49. The molecule has 25 heavy (non-hydrogen) atoms. The van der Waals surface area contributed by atoms with Crippen LogP contribution in [-0.4, -0.2) is 47.4 Å². The van der Waals surface area contributed by atoms with Gasteiger partial charge in [0.25, 0.3) is 0 Å². The van der Waals surface area contributed by atoms with E-state index in [4.69, 9.17) is 10.5 Å². The smallest absolute Gasteiger partial charge is 0.410 e. The van der Waals surface area contributed by atoms with Crippen molar-refractivity contribution in [2.24, 2.45) is 0 Å². The first-order valence-corrected chi connectivity index (χ1v) is 8.75. The molecule has 1 heterocycles. The molecule has 1 aliphatic rings. The minimum absolute atomic E-state index is 0.0100. The predicted octanol–water partition coefficient (Wildman–Crippen LogP) is 2.94. The second-order valence-electron chi connectivity index (χ2n) is 8.30. The van der Waals surface area contributed by atoms with Gasteiger partial charge in [0, 0.05) is 42.6 Å². The quantitative estimate of drug-likeness (QED) is 0.803. The van der Waals surface area contributed by atoms with Gasteiger partial charge in [0.05, 0.1) is 5.60 Å². The Morgan fingerprint density at radius 2 is 1.88 bits per heavy atom. The van der Waals surface area contributed by atoms with Gasteiger partial charge in [-0.3, -0.25) is 0 Å². The molecule has 1 aromatic carbocycles. The van der Waals surface area contributed by atoms with Crippen molar-refractivity contribution in [2.45, 2.75) is 58.8 Å². The number of carbonyl (C=O) groups excluding carboxylic acids is 1. The summed E-state index contributed by atoms with van der Waals surface area (Å²) >= 11 is 0. The van der Waals surface area contributed by atoms with Gasteiger partial charge in [0.15, 0.2) is 0 Å². The van der Waals surface area contributed by atoms with E-state index in [9.17, 15) is 9.90 Å². The van der Waals surface area contributed by atoms with Crippen LogP contribution in [0.1, 0.15) is 47.1 Å². The highest BCUT2D eigenvalue weighted by molar-refractivity contribution is 5.69. The largest absolute Gasteiger partial charge is 0.444 e. The lowest BCUT2D eigenvalue weighted by atomic mass is 9.94. The topological polar surface area (TPSA) is 79.0 Å². The van der Waals surface area contributed by atoms with E-state index in [1.165, 1.54) is 0 Å². The van der Waals surface area contributed by atoms with E-state index < -0.39 is 11.2 Å². The molecule has 1 aromatic rings. The van der Waals surface area contributed by atoms with Crippen molar-refractivity contribution >= 4 is 17.5 Å². The number of hydrogen-bond donors (Lipinski definition) is 2. The number of nitrogens with zero attached hydrogens (tertiary/aromatic N) is 2. The molecule has 1 aliphatic heterocycles. The molecule has 2 rings (SSSR count). The SMILES string of the molecule is C[C@@H]1CN(c2ccc(N)cc2C(C)(C)O)CCN1C(=O)OC(C)(C)C. The van der Waals surface area contributed by atoms with Crippen LogP contribution in [0.25, 0.3) is 0 Å². The summed E-state index contributed by atoms with van der Waals surface area (Å²) in [6.07, 6.45) is -0.278. The van der Waals surface area contributed by atoms with E-state index in [0.717, 1.165) is 11.3 Å². The third kappa shape index (κ3) is 4.78. The average molecular weight is 349 g/mol. The fourth-order valence-corrected chi connectivity index (χ4v) is 3.09. The summed E-state index contributed by atoms with van der Waals surface area (Å²) in [6.45, 7) is 13.1. The summed E-state index contributed by atoms with van der Waals surface area (Å²) in [4.78, 5) is 16.3. The minimum Gasteiger partial charge on any atom is -0.444 e. The first-order valence-electron chi connectivity index (χ1n) is 8.75. The Labute approximate surface area is 150 Å². The molecular weight excluding hydrogens is 318 g/mol. The summed E-state index contributed by atoms with van der Waals surface area (Å²) in [5.74, 6) is 0. The second-order valence-corrected chi connectivity index (χ2v) is 8.30. The maximum atomic E-state index is 12.4. The van der Waals surface area contributed by atoms with E-state index in [-0.39, 0.29) is 12.1 Å². The van der Waals surface area contributed by atoms with Crippen LogP contribution in [0.3, 0.4) is 0 Å². The average Bonchev–Trinajstić information content (AvgIpc) is 2.44. The molecule has 1 amide bonds. The fraction of sp³-hybridized carbons (Fsp3) is 0.632. The normalized spacial score (nSPS) is 19.1. The lowest BCUT2D eigenvalue weighted by molar-refractivity contribution is 0.0157. The Hall–Kier alpha value is -1.95. The van der Waals surface area contributed by atoms with Crippen LogP contribution in [0.4, 0.5) is 16.2 Å². The molecule has 0 unspecified atom stereocenters. The molecule has 0 bridgehead atoms. The van der Waals surface area contributed by atoms with Crippen molar-refractivity contribution in [1.29, 1.82) is 0 Å². The van der Waals surface area contributed by atoms with Gasteiger partial charge >= 0.3 is 6.09 Å². The molecule has 0 radical (unpaired) electrons. The van der Waals surface area contributed by atoms with Crippen molar-refractivity contribution in [2.75, 3.05) is 30.3 Å². The van der Waals surface area contributed by atoms with Crippen molar-refractivity contribution in [3.63, 3.8) is 0 Å². The number of rotatable bonds is 2. The zero-order chi connectivity index (χ0) is 19.0. The van der Waals surface area contributed by atoms with Crippen molar-refractivity contribution in [3.8, 4) is 0 Å². The second kappa shape index (κ2) is 6.75. The predicted molar refractivity (Wildman–Crippen MR) is 101 cm³/mol. The number of piperazine rings is 1. The Morgan fingerprint density at radius 3 is 2.40 bits per heavy atom. The molecule has 1 atom stereocenters. The van der Waals surface area contributed by atoms with Crippen molar-refractivity contribution < 1.29 is 14.6 Å². The summed E-state index contributed by atoms with van der Waals surface area (Å²) in [5.41, 5.74) is 6.79. The molecule has 0 spiro atoms. The van der Waals surface area contributed by atoms with Crippen LogP contribution in [0.15, 0.2) is 18.2 Å². The standard InChI is InChI=1S/C19H31N3O3/c1-13-12-21(9-10-22(13)17(23)25-18(2,3)4)16-8-7-14(20)11-15(16)19(5,6)24/h7-8,11,13,24H,9-10,12,20H2,1-6H3/t13-/m1/s1. The Kier molecular flexibility index (Phi) is 5.23. The number of benzene rings is 1. The van der Waals surface area contributed by atoms with Gasteiger partial charge in [-0.2, -0.15) is 0 Å². The molecule has 6 heteroatoms. The van der Waals surface area contributed by atoms with E-state index in [2.05, 4.69) is 4.90 Å². The van der Waals surface area contributed by atoms with Gasteiger partial charge in [0.1, 0.15) is 5.60 Å². The van der Waals surface area contributed by atoms with Crippen molar-refractivity contribution in [1.82, 2.24) is 4.90 Å². The number of nitrogen functional groups attached to an aromatic ring is 1. The zero-order valence-electron chi connectivity index (χ0n) is 16.2. The molecule has 1 saturated heterocycles. The summed E-state index contributed by atoms with van der Waals surface area (Å²) in [7, 11) is 0. The van der Waals surface area contributed by atoms with E-state index in [1.807, 2.05) is 45.9 Å². The highest BCUT2D eigenvalue weighted by Crippen LogP contribution is 2.33. The van der Waals surface area contributed by atoms with Crippen LogP contribution in [0, 0.1) is 0 Å². The lowest BCUT2D eigenvalue weighted by Crippen LogP contribution is -2.55. The first-order chi connectivity index (χ1) is 11.4. The van der Waals surface area contributed by atoms with E-state index in [0.29, 0.717) is 25.3 Å². The zero-order valence-corrected chi connectivity index (χ0v) is 16.2. The van der Waals surface area contributed by atoms with Crippen LogP contribution in [0.5, 0.6) is 0 Å². The lowest BCUT2D eigenvalue weighted by Gasteiger charge is -2.42. The number of anilines is 2. The Bertz CT molecular complexity index is 632. The van der Waals surface area contributed by atoms with Gasteiger partial charge in [-0.05, 0) is 59.7 Å². The summed E-state index contributed by atoms with van der Waals surface area (Å²) in [5, 5.41) is 10.5. The Balaban J connectivity index is 2.18. The number of aliphatic hydroxyl groups is 1. The highest BCUT2D eigenvalue weighted by atomic mass is 16.6. The molecule has 3 N–H and O–H groups in total. The Morgan fingerprint density at radius 1 is 1.24 bits per heavy atom. The third-order valence-electron chi connectivity index (χ3n) is 4.28. The molecule has 0 aromatic heterocycles. The monoisotopic (exact) mass is 349 g/mol. The number of amides is 1. The number of nitrogens with two attached hydrogens (primary N) is 1. The molecule has 0 aliphatic carbocycles. The molecule has 6 nitrogen and oxygen atoms in total. The van der Waals surface area contributed by atoms with E-state index >= 15 is 0 Å². The van der Waals surface area contributed by atoms with Gasteiger partial charge in [-0.25, -0.2) is 4.79 Å². The number of ether oxygens (including phenoxy) is 1. The van der Waals surface area contributed by atoms with Gasteiger partial charge in [0.2, 0.25) is 0 Å². The van der Waals surface area contributed by atoms with E-state index in [1.54, 1.807) is 18.7 Å². The van der Waals surface area contributed by atoms with Gasteiger partial charge < -0.3 is 25.4 Å². The van der Waals surface area contributed by atoms with Crippen LogP contribution in [0.2, 0.25) is 0 Å². The minimum atomic E-state index is -0.990. The maximum absolute atomic E-state index is 12.4. The highest BCUT2D eigenvalue weighted by Gasteiger charge is 2.32. The van der Waals surface area contributed by atoms with Crippen molar-refractivity contribution in [3.05, 3.63) is 23.8 Å². The summed E-state index contributed by atoms with van der Waals surface area (Å²) in [6, 6.07) is 5.62. The van der Waals surface area contributed by atoms with Gasteiger partial charge in [-0.1, -0.05) is 0 Å². The molecule has 0 saturated carbocycles. The molecule has 1 fully saturated rings. The van der Waals surface area contributed by atoms with Crippen LogP contribution < -0.4 is 10.6 Å². The first kappa shape index (κ1) is 19.4. The maximum Gasteiger partial charge on any atom is 0.410 e. The third-order valence-corrected chi connectivity index (χ3v) is 4.28. The molecular formula is C19H31N3O3. The van der Waals surface area contributed by atoms with Crippen LogP contribution in [-0.2, 0) is 10.3 Å². The molecule has 140 valence electrons. The fourth-order valence-electron chi connectivity index (χ4n) is 3.09. The number of hydrogen-bond acceptors (Lipinski definition) is 5.